The van der Waals surface area contributed by atoms with E-state index in [4.69, 9.17) is 0 Å². The van der Waals surface area contributed by atoms with Crippen LogP contribution in [0, 0.1) is 5.82 Å². The molecule has 94 valence electrons. The molecule has 0 bridgehead atoms. The van der Waals surface area contributed by atoms with E-state index in [-0.39, 0.29) is 12.1 Å². The molecule has 5 nitrogen and oxygen atoms in total. The molecule has 0 unspecified atom stereocenters. The Morgan fingerprint density at radius 1 is 1.29 bits per heavy atom. The molecule has 1 aromatic rings. The summed E-state index contributed by atoms with van der Waals surface area (Å²) in [7, 11) is -0.917. The molecule has 1 N–H and O–H groups in total. The molecule has 1 aromatic carbocycles. The Morgan fingerprint density at radius 3 is 2.29 bits per heavy atom. The predicted octanol–water partition coefficient (Wildman–Crippen LogP) is 0.404. The van der Waals surface area contributed by atoms with Crippen molar-refractivity contribution in [3.05, 3.63) is 35.6 Å². The summed E-state index contributed by atoms with van der Waals surface area (Å²) in [5.41, 5.74) is 0.257. The van der Waals surface area contributed by atoms with Gasteiger partial charge >= 0.3 is 0 Å². The van der Waals surface area contributed by atoms with Crippen molar-refractivity contribution in [3.63, 3.8) is 0 Å². The summed E-state index contributed by atoms with van der Waals surface area (Å²) in [6.45, 7) is -0.355. The molecule has 0 saturated carbocycles. The van der Waals surface area contributed by atoms with Gasteiger partial charge in [-0.2, -0.15) is 17.4 Å². The van der Waals surface area contributed by atoms with Gasteiger partial charge in [-0.25, -0.2) is 4.39 Å². The summed E-state index contributed by atoms with van der Waals surface area (Å²) < 4.78 is 38.3. The Kier molecular flexibility index (Phi) is 4.33. The van der Waals surface area contributed by atoms with Crippen LogP contribution in [0.15, 0.2) is 24.3 Å². The number of rotatable bonds is 5. The van der Waals surface area contributed by atoms with E-state index in [0.29, 0.717) is 0 Å². The Bertz CT molecular complexity index is 497. The molecule has 0 aliphatic rings. The van der Waals surface area contributed by atoms with Gasteiger partial charge in [0.1, 0.15) is 5.82 Å². The number of hydrogen-bond acceptors (Lipinski definition) is 3. The van der Waals surface area contributed by atoms with Crippen molar-refractivity contribution in [1.29, 1.82) is 0 Å². The highest BCUT2D eigenvalue weighted by Crippen LogP contribution is 2.03. The molecule has 0 saturated heterocycles. The van der Waals surface area contributed by atoms with Gasteiger partial charge in [0.25, 0.3) is 10.2 Å². The lowest BCUT2D eigenvalue weighted by Crippen LogP contribution is -2.38. The average Bonchev–Trinajstić information content (AvgIpc) is 2.27. The van der Waals surface area contributed by atoms with Crippen molar-refractivity contribution in [2.75, 3.05) is 20.6 Å². The second kappa shape index (κ2) is 5.35. The molecule has 7 heteroatoms. The highest BCUT2D eigenvalue weighted by molar-refractivity contribution is 7.87. The van der Waals surface area contributed by atoms with E-state index in [1.54, 1.807) is 0 Å². The van der Waals surface area contributed by atoms with Crippen molar-refractivity contribution in [2.45, 2.75) is 0 Å². The summed E-state index contributed by atoms with van der Waals surface area (Å²) in [6.07, 6.45) is 0. The number of carbonyl (C=O) groups is 1. The smallest absolute Gasteiger partial charge is 0.279 e. The maximum absolute atomic E-state index is 12.6. The van der Waals surface area contributed by atoms with E-state index in [0.717, 1.165) is 16.4 Å². The molecular formula is C10H13FN2O3S. The normalized spacial score (nSPS) is 11.8. The maximum atomic E-state index is 12.6. The zero-order valence-electron chi connectivity index (χ0n) is 9.47. The standard InChI is InChI=1S/C10H13FN2O3S/c1-13(2)17(15,16)12-7-10(14)8-3-5-9(11)6-4-8/h3-6,12H,7H2,1-2H3. The molecule has 0 atom stereocenters. The van der Waals surface area contributed by atoms with Crippen molar-refractivity contribution in [2.24, 2.45) is 0 Å². The Hall–Kier alpha value is -1.31. The van der Waals surface area contributed by atoms with Crippen molar-refractivity contribution in [3.8, 4) is 0 Å². The molecule has 0 radical (unpaired) electrons. The Labute approximate surface area is 99.4 Å². The van der Waals surface area contributed by atoms with Crippen LogP contribution in [0.4, 0.5) is 4.39 Å². The molecule has 17 heavy (non-hydrogen) atoms. The van der Waals surface area contributed by atoms with Crippen LogP contribution in [0.5, 0.6) is 0 Å². The zero-order valence-corrected chi connectivity index (χ0v) is 10.3. The van der Waals surface area contributed by atoms with Gasteiger partial charge in [0, 0.05) is 19.7 Å². The number of benzene rings is 1. The van der Waals surface area contributed by atoms with Gasteiger partial charge in [0.2, 0.25) is 0 Å². The monoisotopic (exact) mass is 260 g/mol. The van der Waals surface area contributed by atoms with Crippen LogP contribution in [0.1, 0.15) is 10.4 Å². The van der Waals surface area contributed by atoms with Crippen molar-refractivity contribution in [1.82, 2.24) is 9.03 Å². The lowest BCUT2D eigenvalue weighted by Gasteiger charge is -2.11. The lowest BCUT2D eigenvalue weighted by atomic mass is 10.1. The molecule has 1 rings (SSSR count). The van der Waals surface area contributed by atoms with Gasteiger partial charge in [0.15, 0.2) is 5.78 Å². The molecule has 0 aromatic heterocycles. The van der Waals surface area contributed by atoms with E-state index < -0.39 is 21.8 Å². The van der Waals surface area contributed by atoms with Crippen LogP contribution >= 0.6 is 0 Å². The maximum Gasteiger partial charge on any atom is 0.279 e. The minimum Gasteiger partial charge on any atom is -0.293 e. The van der Waals surface area contributed by atoms with E-state index >= 15 is 0 Å². The third-order valence-corrected chi connectivity index (χ3v) is 3.53. The molecule has 0 spiro atoms. The van der Waals surface area contributed by atoms with E-state index in [2.05, 4.69) is 4.72 Å². The van der Waals surface area contributed by atoms with E-state index in [9.17, 15) is 17.6 Å². The van der Waals surface area contributed by atoms with Crippen LogP contribution in [0.2, 0.25) is 0 Å². The largest absolute Gasteiger partial charge is 0.293 e. The fraction of sp³-hybridized carbons (Fsp3) is 0.300. The fourth-order valence-corrected chi connectivity index (χ4v) is 1.60. The molecule has 0 aliphatic carbocycles. The number of hydrogen-bond donors (Lipinski definition) is 1. The highest BCUT2D eigenvalue weighted by atomic mass is 32.2. The molecular weight excluding hydrogens is 247 g/mol. The molecule has 0 amide bonds. The topological polar surface area (TPSA) is 66.5 Å². The minimum atomic E-state index is -3.62. The Morgan fingerprint density at radius 2 is 1.82 bits per heavy atom. The molecule has 0 heterocycles. The van der Waals surface area contributed by atoms with E-state index in [1.807, 2.05) is 0 Å². The molecule has 0 fully saturated rings. The average molecular weight is 260 g/mol. The first-order valence-corrected chi connectivity index (χ1v) is 6.23. The number of carbonyl (C=O) groups excluding carboxylic acids is 1. The van der Waals surface area contributed by atoms with Gasteiger partial charge in [-0.05, 0) is 24.3 Å². The number of nitrogens with one attached hydrogen (secondary N) is 1. The van der Waals surface area contributed by atoms with Crippen LogP contribution in [-0.2, 0) is 10.2 Å². The van der Waals surface area contributed by atoms with Crippen molar-refractivity contribution < 1.29 is 17.6 Å². The summed E-state index contributed by atoms with van der Waals surface area (Å²) >= 11 is 0. The summed E-state index contributed by atoms with van der Waals surface area (Å²) in [6, 6.07) is 4.91. The first kappa shape index (κ1) is 13.8. The predicted molar refractivity (Wildman–Crippen MR) is 61.3 cm³/mol. The van der Waals surface area contributed by atoms with Gasteiger partial charge in [-0.3, -0.25) is 4.79 Å². The summed E-state index contributed by atoms with van der Waals surface area (Å²) in [5, 5.41) is 0. The number of nitrogens with zero attached hydrogens (tertiary/aromatic N) is 1. The minimum absolute atomic E-state index is 0.257. The second-order valence-corrected chi connectivity index (χ2v) is 5.51. The van der Waals surface area contributed by atoms with Gasteiger partial charge in [-0.1, -0.05) is 0 Å². The second-order valence-electron chi connectivity index (χ2n) is 3.54. The molecule has 0 aliphatic heterocycles. The summed E-state index contributed by atoms with van der Waals surface area (Å²) in [4.78, 5) is 11.6. The number of halogens is 1. The first-order valence-electron chi connectivity index (χ1n) is 4.79. The highest BCUT2D eigenvalue weighted by Gasteiger charge is 2.15. The number of ketones is 1. The quantitative estimate of drug-likeness (QED) is 0.779. The SMILES string of the molecule is CN(C)S(=O)(=O)NCC(=O)c1ccc(F)cc1. The lowest BCUT2D eigenvalue weighted by molar-refractivity contribution is 0.0996. The van der Waals surface area contributed by atoms with Crippen LogP contribution < -0.4 is 4.72 Å². The Balaban J connectivity index is 2.65. The summed E-state index contributed by atoms with van der Waals surface area (Å²) in [5.74, 6) is -0.870. The fourth-order valence-electron chi connectivity index (χ4n) is 1.02. The number of Topliss-reactive ketones (excluding diaryl/α,β-unsaturated/α-hetero) is 1. The van der Waals surface area contributed by atoms with Crippen LogP contribution in [0.3, 0.4) is 0 Å². The van der Waals surface area contributed by atoms with E-state index in [1.165, 1.54) is 26.2 Å². The van der Waals surface area contributed by atoms with Gasteiger partial charge < -0.3 is 0 Å². The van der Waals surface area contributed by atoms with Crippen LogP contribution in [0.25, 0.3) is 0 Å². The third kappa shape index (κ3) is 3.88. The van der Waals surface area contributed by atoms with Crippen LogP contribution in [-0.4, -0.2) is 39.1 Å². The third-order valence-electron chi connectivity index (χ3n) is 2.06. The zero-order chi connectivity index (χ0) is 13.1. The van der Waals surface area contributed by atoms with Crippen molar-refractivity contribution >= 4 is 16.0 Å². The first-order chi connectivity index (χ1) is 7.83. The van der Waals surface area contributed by atoms with Gasteiger partial charge in [-0.15, -0.1) is 0 Å². The van der Waals surface area contributed by atoms with Gasteiger partial charge in [0.05, 0.1) is 6.54 Å².